The molecule has 0 nitrogen and oxygen atoms in total. The smallest absolute Gasteiger partial charge is 0.0185 e. The lowest BCUT2D eigenvalue weighted by Gasteiger charge is -2.09. The first kappa shape index (κ1) is 12.6. The van der Waals surface area contributed by atoms with Crippen molar-refractivity contribution in [3.8, 4) is 0 Å². The Balaban J connectivity index is 3.12. The summed E-state index contributed by atoms with van der Waals surface area (Å²) in [5.41, 5.74) is 2.79. The van der Waals surface area contributed by atoms with E-state index in [2.05, 4.69) is 79.8 Å². The number of hydrogen-bond donors (Lipinski definition) is 0. The van der Waals surface area contributed by atoms with E-state index < -0.39 is 0 Å². The second-order valence-electron chi connectivity index (χ2n) is 4.27. The van der Waals surface area contributed by atoms with Crippen LogP contribution in [0, 0.1) is 13.8 Å². The number of halogens is 1. The van der Waals surface area contributed by atoms with E-state index in [1.807, 2.05) is 0 Å². The number of rotatable bonds is 1. The van der Waals surface area contributed by atoms with Gasteiger partial charge in [0.05, 0.1) is 0 Å². The monoisotopic (exact) mass is 336 g/mol. The van der Waals surface area contributed by atoms with Crippen LogP contribution in [0.2, 0.25) is 0 Å². The quantitative estimate of drug-likeness (QED) is 0.553. The molecule has 0 aliphatic carbocycles. The molecule has 0 bridgehead atoms. The summed E-state index contributed by atoms with van der Waals surface area (Å²) in [6.45, 7) is 6.58. The van der Waals surface area contributed by atoms with Crippen molar-refractivity contribution >= 4 is 45.5 Å². The van der Waals surface area contributed by atoms with E-state index in [-0.39, 0.29) is 0 Å². The van der Waals surface area contributed by atoms with Crippen molar-refractivity contribution in [2.75, 3.05) is 4.43 Å². The fourth-order valence-corrected chi connectivity index (χ4v) is 2.98. The van der Waals surface area contributed by atoms with Crippen molar-refractivity contribution < 1.29 is 0 Å². The molecule has 1 heteroatoms. The molecule has 0 aromatic heterocycles. The average molecular weight is 336 g/mol. The van der Waals surface area contributed by atoms with Gasteiger partial charge >= 0.3 is 0 Å². The van der Waals surface area contributed by atoms with Gasteiger partial charge in [-0.1, -0.05) is 59.0 Å². The van der Waals surface area contributed by atoms with Crippen molar-refractivity contribution in [1.82, 2.24) is 0 Å². The first-order valence-electron chi connectivity index (χ1n) is 5.91. The van der Waals surface area contributed by atoms with Gasteiger partial charge in [-0.15, -0.1) is 0 Å². The molecule has 0 heterocycles. The van der Waals surface area contributed by atoms with Crippen molar-refractivity contribution in [3.63, 3.8) is 0 Å². The summed E-state index contributed by atoms with van der Waals surface area (Å²) >= 11 is 2.41. The van der Waals surface area contributed by atoms with E-state index >= 15 is 0 Å². The maximum absolute atomic E-state index is 2.41. The fourth-order valence-electron chi connectivity index (χ4n) is 2.54. The largest absolute Gasteiger partial charge is 0.0818 e. The summed E-state index contributed by atoms with van der Waals surface area (Å²) < 4.78 is 1.05. The van der Waals surface area contributed by atoms with Crippen LogP contribution in [0.25, 0.3) is 22.9 Å². The van der Waals surface area contributed by atoms with E-state index in [9.17, 15) is 0 Å². The number of fused-ring (bicyclic) bond motifs is 1. The molecule has 0 amide bonds. The number of hydrogen-bond acceptors (Lipinski definition) is 0. The zero-order valence-corrected chi connectivity index (χ0v) is 12.7. The number of benzene rings is 2. The Morgan fingerprint density at radius 2 is 1.53 bits per heavy atom. The summed E-state index contributed by atoms with van der Waals surface area (Å²) in [4.78, 5) is 0. The van der Waals surface area contributed by atoms with Crippen LogP contribution in [-0.2, 0) is 0 Å². The zero-order chi connectivity index (χ0) is 12.4. The van der Waals surface area contributed by atoms with Crippen molar-refractivity contribution in [2.45, 2.75) is 20.8 Å². The first-order valence-corrected chi connectivity index (χ1v) is 7.43. The standard InChI is InChI=1S/C16H17I/c1-4-13-11(2)14-7-5-6-8-15(14)12(3)16(13)9-10-17/h4-9H,10H2,1-3H3/b13-4-,16-9-. The topological polar surface area (TPSA) is 0 Å². The summed E-state index contributed by atoms with van der Waals surface area (Å²) in [5, 5.41) is 5.55. The highest BCUT2D eigenvalue weighted by molar-refractivity contribution is 14.1. The lowest BCUT2D eigenvalue weighted by Crippen LogP contribution is -2.30. The Bertz CT molecular complexity index is 666. The van der Waals surface area contributed by atoms with Crippen LogP contribution in [-0.4, -0.2) is 4.43 Å². The van der Waals surface area contributed by atoms with E-state index in [0.717, 1.165) is 4.43 Å². The molecule has 2 aromatic rings. The Hall–Kier alpha value is -0.830. The van der Waals surface area contributed by atoms with Crippen LogP contribution < -0.4 is 10.4 Å². The number of aryl methyl sites for hydroxylation is 2. The van der Waals surface area contributed by atoms with Crippen LogP contribution in [0.4, 0.5) is 0 Å². The lowest BCUT2D eigenvalue weighted by atomic mass is 9.96. The van der Waals surface area contributed by atoms with Crippen LogP contribution in [0.3, 0.4) is 0 Å². The van der Waals surface area contributed by atoms with Gasteiger partial charge in [0.2, 0.25) is 0 Å². The lowest BCUT2D eigenvalue weighted by molar-refractivity contribution is 1.34. The summed E-state index contributed by atoms with van der Waals surface area (Å²) in [6, 6.07) is 8.69. The van der Waals surface area contributed by atoms with Gasteiger partial charge < -0.3 is 0 Å². The van der Waals surface area contributed by atoms with Gasteiger partial charge in [-0.25, -0.2) is 0 Å². The van der Waals surface area contributed by atoms with E-state index in [0.29, 0.717) is 0 Å². The SMILES string of the molecule is C/C=c1/c(C)c2ccccc2c(C)/c1=C/CI. The van der Waals surface area contributed by atoms with Crippen molar-refractivity contribution in [3.05, 3.63) is 45.8 Å². The molecule has 0 saturated carbocycles. The minimum atomic E-state index is 1.05. The minimum absolute atomic E-state index is 1.05. The third kappa shape index (κ3) is 2.13. The zero-order valence-electron chi connectivity index (χ0n) is 10.5. The van der Waals surface area contributed by atoms with Crippen LogP contribution in [0.1, 0.15) is 18.1 Å². The molecule has 0 unspecified atom stereocenters. The van der Waals surface area contributed by atoms with Gasteiger partial charge in [-0.05, 0) is 53.1 Å². The van der Waals surface area contributed by atoms with Crippen molar-refractivity contribution in [2.24, 2.45) is 0 Å². The highest BCUT2D eigenvalue weighted by Gasteiger charge is 2.04. The predicted molar refractivity (Wildman–Crippen MR) is 86.2 cm³/mol. The van der Waals surface area contributed by atoms with Crippen molar-refractivity contribution in [1.29, 1.82) is 0 Å². The summed E-state index contributed by atoms with van der Waals surface area (Å²) in [5.74, 6) is 0. The van der Waals surface area contributed by atoms with E-state index in [1.54, 1.807) is 0 Å². The third-order valence-corrected chi connectivity index (χ3v) is 3.84. The Labute approximate surface area is 116 Å². The summed E-state index contributed by atoms with van der Waals surface area (Å²) in [7, 11) is 0. The fraction of sp³-hybridized carbons (Fsp3) is 0.250. The van der Waals surface area contributed by atoms with Gasteiger partial charge in [-0.3, -0.25) is 0 Å². The predicted octanol–water partition coefficient (Wildman–Crippen LogP) is 3.47. The maximum atomic E-state index is 2.41. The molecule has 0 aliphatic heterocycles. The van der Waals surface area contributed by atoms with Gasteiger partial charge in [0, 0.05) is 4.43 Å². The average Bonchev–Trinajstić information content (AvgIpc) is 2.36. The molecule has 88 valence electrons. The third-order valence-electron chi connectivity index (χ3n) is 3.40. The van der Waals surface area contributed by atoms with Crippen LogP contribution in [0.5, 0.6) is 0 Å². The van der Waals surface area contributed by atoms with Crippen LogP contribution >= 0.6 is 22.6 Å². The Kier molecular flexibility index (Phi) is 3.87. The highest BCUT2D eigenvalue weighted by Crippen LogP contribution is 2.16. The molecule has 0 spiro atoms. The molecular formula is C16H17I. The molecule has 0 saturated heterocycles. The molecule has 0 radical (unpaired) electrons. The first-order chi connectivity index (χ1) is 8.20. The summed E-state index contributed by atoms with van der Waals surface area (Å²) in [6.07, 6.45) is 4.55. The van der Waals surface area contributed by atoms with E-state index in [1.165, 1.54) is 32.3 Å². The Morgan fingerprint density at radius 1 is 1.00 bits per heavy atom. The second kappa shape index (κ2) is 5.21. The minimum Gasteiger partial charge on any atom is -0.0818 e. The van der Waals surface area contributed by atoms with Gasteiger partial charge in [0.15, 0.2) is 0 Å². The number of alkyl halides is 1. The Morgan fingerprint density at radius 3 is 2.00 bits per heavy atom. The highest BCUT2D eigenvalue weighted by atomic mass is 127. The molecule has 2 aromatic carbocycles. The maximum Gasteiger partial charge on any atom is 0.0185 e. The normalized spacial score (nSPS) is 13.6. The molecule has 17 heavy (non-hydrogen) atoms. The molecule has 0 N–H and O–H groups in total. The molecule has 2 rings (SSSR count). The molecule has 0 fully saturated rings. The second-order valence-corrected chi connectivity index (χ2v) is 5.15. The molecular weight excluding hydrogens is 319 g/mol. The van der Waals surface area contributed by atoms with E-state index in [4.69, 9.17) is 0 Å². The molecule has 0 atom stereocenters. The van der Waals surface area contributed by atoms with Gasteiger partial charge in [0.1, 0.15) is 0 Å². The molecule has 0 aliphatic rings. The van der Waals surface area contributed by atoms with Gasteiger partial charge in [-0.2, -0.15) is 0 Å². The van der Waals surface area contributed by atoms with Crippen LogP contribution in [0.15, 0.2) is 24.3 Å². The van der Waals surface area contributed by atoms with Gasteiger partial charge in [0.25, 0.3) is 0 Å².